The molecule has 9 nitrogen and oxygen atoms in total. The van der Waals surface area contributed by atoms with Crippen LogP contribution in [-0.4, -0.2) is 54.8 Å². The van der Waals surface area contributed by atoms with E-state index in [1.54, 1.807) is 0 Å². The van der Waals surface area contributed by atoms with E-state index >= 15 is 0 Å². The molecule has 2 rings (SSSR count). The highest BCUT2D eigenvalue weighted by Gasteiger charge is 2.43. The maximum absolute atomic E-state index is 11.8. The Bertz CT molecular complexity index is 634. The second-order valence-electron chi connectivity index (χ2n) is 4.73. The van der Waals surface area contributed by atoms with E-state index in [1.165, 1.54) is 0 Å². The lowest BCUT2D eigenvalue weighted by Gasteiger charge is -2.20. The lowest BCUT2D eigenvalue weighted by Crippen LogP contribution is -2.40. The van der Waals surface area contributed by atoms with Crippen LogP contribution in [0.3, 0.4) is 0 Å². The van der Waals surface area contributed by atoms with Crippen LogP contribution in [0.2, 0.25) is 0 Å². The van der Waals surface area contributed by atoms with Crippen LogP contribution < -0.4 is 11.2 Å². The summed E-state index contributed by atoms with van der Waals surface area (Å²) in [6.07, 6.45) is -2.66. The standard InChI is InChI=1S/C11H14N2O7/c14-3-4-1-5(9(17)8(4)16)13-6(10(18)19)2-7(15)12-11(13)20/h2,4-5,8-9,14,16-17H,1,3H2,(H,18,19)(H,12,15,20)/t4-,5-,8-,9+/m1/s1. The first-order valence-electron chi connectivity index (χ1n) is 5.93. The number of aromatic amines is 1. The van der Waals surface area contributed by atoms with Crippen LogP contribution in [0.1, 0.15) is 23.0 Å². The van der Waals surface area contributed by atoms with Crippen molar-refractivity contribution in [3.05, 3.63) is 32.6 Å². The number of carboxylic acids is 1. The summed E-state index contributed by atoms with van der Waals surface area (Å²) in [7, 11) is 0. The summed E-state index contributed by atoms with van der Waals surface area (Å²) in [5, 5.41) is 37.7. The smallest absolute Gasteiger partial charge is 0.352 e. The predicted octanol–water partition coefficient (Wildman–Crippen LogP) is -2.49. The highest BCUT2D eigenvalue weighted by atomic mass is 16.4. The summed E-state index contributed by atoms with van der Waals surface area (Å²) in [4.78, 5) is 36.0. The summed E-state index contributed by atoms with van der Waals surface area (Å²) >= 11 is 0. The molecular formula is C11H14N2O7. The van der Waals surface area contributed by atoms with Crippen LogP contribution in [0.15, 0.2) is 15.7 Å². The van der Waals surface area contributed by atoms with E-state index in [1.807, 2.05) is 4.98 Å². The van der Waals surface area contributed by atoms with Crippen molar-refractivity contribution in [1.82, 2.24) is 9.55 Å². The number of aliphatic hydroxyl groups is 3. The average Bonchev–Trinajstić information content (AvgIpc) is 2.65. The zero-order valence-electron chi connectivity index (χ0n) is 10.3. The number of aromatic nitrogens is 2. The Kier molecular flexibility index (Phi) is 3.75. The number of nitrogens with one attached hydrogen (secondary N) is 1. The molecule has 5 N–H and O–H groups in total. The molecule has 0 unspecified atom stereocenters. The van der Waals surface area contributed by atoms with Gasteiger partial charge in [0.25, 0.3) is 5.56 Å². The van der Waals surface area contributed by atoms with E-state index in [2.05, 4.69) is 0 Å². The van der Waals surface area contributed by atoms with Crippen LogP contribution in [-0.2, 0) is 0 Å². The number of nitrogens with zero attached hydrogens (tertiary/aromatic N) is 1. The number of rotatable bonds is 3. The third-order valence-corrected chi connectivity index (χ3v) is 3.53. The molecule has 4 atom stereocenters. The Morgan fingerprint density at radius 2 is 2.00 bits per heavy atom. The van der Waals surface area contributed by atoms with Gasteiger partial charge in [0.15, 0.2) is 0 Å². The Morgan fingerprint density at radius 1 is 1.35 bits per heavy atom. The van der Waals surface area contributed by atoms with Crippen LogP contribution in [0.25, 0.3) is 0 Å². The van der Waals surface area contributed by atoms with Gasteiger partial charge >= 0.3 is 11.7 Å². The van der Waals surface area contributed by atoms with E-state index in [-0.39, 0.29) is 6.42 Å². The molecule has 0 aromatic carbocycles. The van der Waals surface area contributed by atoms with Gasteiger partial charge in [0, 0.05) is 18.6 Å². The monoisotopic (exact) mass is 286 g/mol. The molecule has 1 aliphatic rings. The first-order valence-corrected chi connectivity index (χ1v) is 5.93. The second-order valence-corrected chi connectivity index (χ2v) is 4.73. The minimum absolute atomic E-state index is 0.0189. The summed E-state index contributed by atoms with van der Waals surface area (Å²) in [5.41, 5.74) is -2.42. The van der Waals surface area contributed by atoms with E-state index < -0.39 is 53.7 Å². The largest absolute Gasteiger partial charge is 0.477 e. The van der Waals surface area contributed by atoms with Gasteiger partial charge in [-0.25, -0.2) is 9.59 Å². The molecule has 0 aliphatic heterocycles. The molecule has 0 spiro atoms. The first-order chi connectivity index (χ1) is 9.36. The van der Waals surface area contributed by atoms with Gasteiger partial charge in [-0.1, -0.05) is 0 Å². The summed E-state index contributed by atoms with van der Waals surface area (Å²) < 4.78 is 0.729. The number of hydrogen-bond acceptors (Lipinski definition) is 6. The van der Waals surface area contributed by atoms with Gasteiger partial charge < -0.3 is 20.4 Å². The Hall–Kier alpha value is -1.97. The van der Waals surface area contributed by atoms with Crippen LogP contribution in [0.4, 0.5) is 0 Å². The second kappa shape index (κ2) is 5.19. The molecule has 1 fully saturated rings. The van der Waals surface area contributed by atoms with E-state index in [0.717, 1.165) is 10.6 Å². The van der Waals surface area contributed by atoms with Crippen molar-refractivity contribution in [3.63, 3.8) is 0 Å². The number of aromatic carboxylic acids is 1. The molecule has 1 aromatic rings. The average molecular weight is 286 g/mol. The summed E-state index contributed by atoms with van der Waals surface area (Å²) in [6.45, 7) is -0.408. The molecule has 0 saturated heterocycles. The topological polar surface area (TPSA) is 153 Å². The Morgan fingerprint density at radius 3 is 2.50 bits per heavy atom. The molecule has 0 bridgehead atoms. The minimum atomic E-state index is -1.50. The fourth-order valence-electron chi connectivity index (χ4n) is 2.54. The van der Waals surface area contributed by atoms with Gasteiger partial charge in [-0.2, -0.15) is 0 Å². The van der Waals surface area contributed by atoms with Crippen molar-refractivity contribution in [2.75, 3.05) is 6.61 Å². The van der Waals surface area contributed by atoms with Crippen molar-refractivity contribution in [1.29, 1.82) is 0 Å². The van der Waals surface area contributed by atoms with E-state index in [0.29, 0.717) is 0 Å². The van der Waals surface area contributed by atoms with Gasteiger partial charge in [0.1, 0.15) is 11.8 Å². The van der Waals surface area contributed by atoms with Crippen LogP contribution >= 0.6 is 0 Å². The molecule has 1 aliphatic carbocycles. The number of carboxylic acid groups (broad SMARTS) is 1. The molecule has 9 heteroatoms. The first kappa shape index (κ1) is 14.4. The van der Waals surface area contributed by atoms with Crippen LogP contribution in [0, 0.1) is 5.92 Å². The van der Waals surface area contributed by atoms with Crippen molar-refractivity contribution < 1.29 is 25.2 Å². The predicted molar refractivity (Wildman–Crippen MR) is 64.5 cm³/mol. The quantitative estimate of drug-likeness (QED) is 0.412. The molecule has 20 heavy (non-hydrogen) atoms. The number of carbonyl (C=O) groups is 1. The highest BCUT2D eigenvalue weighted by molar-refractivity contribution is 5.85. The maximum atomic E-state index is 11.8. The normalized spacial score (nSPS) is 29.6. The zero-order valence-corrected chi connectivity index (χ0v) is 10.3. The van der Waals surface area contributed by atoms with Gasteiger partial charge in [0.2, 0.25) is 0 Å². The summed E-state index contributed by atoms with van der Waals surface area (Å²) in [5.74, 6) is -2.17. The molecule has 110 valence electrons. The van der Waals surface area contributed by atoms with Crippen LogP contribution in [0.5, 0.6) is 0 Å². The van der Waals surface area contributed by atoms with Gasteiger partial charge in [-0.3, -0.25) is 14.3 Å². The Balaban J connectivity index is 2.56. The van der Waals surface area contributed by atoms with E-state index in [4.69, 9.17) is 10.2 Å². The molecule has 1 heterocycles. The SMILES string of the molecule is O=C(O)c1cc(=O)[nH]c(=O)n1[C@@H]1C[C@H](CO)[C@@H](O)[C@H]1O. The summed E-state index contributed by atoms with van der Waals surface area (Å²) in [6, 6.07) is -0.299. The zero-order chi connectivity index (χ0) is 15.0. The molecule has 0 amide bonds. The van der Waals surface area contributed by atoms with E-state index in [9.17, 15) is 24.6 Å². The molecular weight excluding hydrogens is 272 g/mol. The molecule has 0 radical (unpaired) electrons. The fraction of sp³-hybridized carbons (Fsp3) is 0.545. The lowest BCUT2D eigenvalue weighted by atomic mass is 10.1. The highest BCUT2D eigenvalue weighted by Crippen LogP contribution is 2.34. The minimum Gasteiger partial charge on any atom is -0.477 e. The van der Waals surface area contributed by atoms with Gasteiger partial charge in [0.05, 0.1) is 12.1 Å². The Labute approximate surface area is 111 Å². The van der Waals surface area contributed by atoms with Crippen molar-refractivity contribution in [3.8, 4) is 0 Å². The van der Waals surface area contributed by atoms with Gasteiger partial charge in [-0.15, -0.1) is 0 Å². The van der Waals surface area contributed by atoms with Crippen molar-refractivity contribution in [2.24, 2.45) is 5.92 Å². The maximum Gasteiger partial charge on any atom is 0.352 e. The lowest BCUT2D eigenvalue weighted by molar-refractivity contribution is -0.00501. The number of hydrogen-bond donors (Lipinski definition) is 5. The number of aliphatic hydroxyl groups excluding tert-OH is 3. The third-order valence-electron chi connectivity index (χ3n) is 3.53. The van der Waals surface area contributed by atoms with Crippen molar-refractivity contribution in [2.45, 2.75) is 24.7 Å². The van der Waals surface area contributed by atoms with Gasteiger partial charge in [-0.05, 0) is 6.42 Å². The fourth-order valence-corrected chi connectivity index (χ4v) is 2.54. The third kappa shape index (κ3) is 2.26. The molecule has 1 saturated carbocycles. The van der Waals surface area contributed by atoms with Crippen molar-refractivity contribution >= 4 is 5.97 Å². The number of H-pyrrole nitrogens is 1. The molecule has 1 aromatic heterocycles.